The third-order valence-corrected chi connectivity index (χ3v) is 15.8. The number of carbonyl (C=O) groups excluding carboxylic acids is 1. The molecule has 67 heavy (non-hydrogen) atoms. The number of piperazine rings is 1. The van der Waals surface area contributed by atoms with Gasteiger partial charge >= 0.3 is 0 Å². The van der Waals surface area contributed by atoms with Crippen LogP contribution in [0.2, 0.25) is 10.0 Å². The lowest BCUT2D eigenvalue weighted by Gasteiger charge is -2.39. The first-order valence-electron chi connectivity index (χ1n) is 23.2. The molecule has 2 aliphatic carbocycles. The molecule has 0 radical (unpaired) electrons. The Balaban J connectivity index is 0.920. The smallest absolute Gasteiger partial charge is 0.293 e. The Kier molecular flexibility index (Phi) is 13.9. The average molecular weight is 971 g/mol. The van der Waals surface area contributed by atoms with Crippen molar-refractivity contribution >= 4 is 72.7 Å². The van der Waals surface area contributed by atoms with Crippen LogP contribution in [0.25, 0.3) is 16.5 Å². The number of allylic oxidation sites excluding steroid dienone is 1. The van der Waals surface area contributed by atoms with Crippen molar-refractivity contribution in [1.82, 2.24) is 19.5 Å². The van der Waals surface area contributed by atoms with Gasteiger partial charge in [-0.25, -0.2) is 13.1 Å². The van der Waals surface area contributed by atoms with Gasteiger partial charge in [-0.15, -0.1) is 0 Å². The van der Waals surface area contributed by atoms with Crippen LogP contribution in [-0.4, -0.2) is 105 Å². The molecule has 3 heterocycles. The Bertz CT molecular complexity index is 2780. The molecule has 354 valence electrons. The van der Waals surface area contributed by atoms with Crippen LogP contribution in [0.4, 0.5) is 17.1 Å². The number of sulfonamides is 1. The van der Waals surface area contributed by atoms with Crippen LogP contribution in [0.3, 0.4) is 0 Å². The minimum atomic E-state index is -4.59. The number of halogens is 2. The summed E-state index contributed by atoms with van der Waals surface area (Å²) in [6.07, 6.45) is 8.38. The van der Waals surface area contributed by atoms with Gasteiger partial charge in [0.15, 0.2) is 0 Å². The van der Waals surface area contributed by atoms with Gasteiger partial charge in [0, 0.05) is 86.9 Å². The molecule has 1 amide bonds. The molecule has 3 N–H and O–H groups in total. The molecule has 0 spiro atoms. The van der Waals surface area contributed by atoms with E-state index in [-0.39, 0.29) is 28.5 Å². The topological polar surface area (TPSA) is 162 Å². The number of aromatic amines is 1. The molecule has 4 aromatic carbocycles. The monoisotopic (exact) mass is 969 g/mol. The maximum Gasteiger partial charge on any atom is 0.293 e. The molecule has 1 aromatic heterocycles. The molecule has 3 fully saturated rings. The van der Waals surface area contributed by atoms with Crippen molar-refractivity contribution in [3.8, 4) is 11.5 Å². The van der Waals surface area contributed by atoms with Gasteiger partial charge in [0.2, 0.25) is 0 Å². The van der Waals surface area contributed by atoms with Crippen molar-refractivity contribution in [2.75, 3.05) is 69.2 Å². The largest absolute Gasteiger partial charge is 0.456 e. The number of benzene rings is 4. The number of rotatable bonds is 13. The molecule has 2 saturated heterocycles. The molecule has 0 atom stereocenters. The van der Waals surface area contributed by atoms with Gasteiger partial charge in [-0.2, -0.15) is 0 Å². The molecule has 4 aliphatic rings. The molecule has 5 aromatic rings. The Hall–Kier alpha value is -5.16. The fourth-order valence-electron chi connectivity index (χ4n) is 10.1. The first-order valence-corrected chi connectivity index (χ1v) is 25.4. The lowest BCUT2D eigenvalue weighted by molar-refractivity contribution is -0.384. The maximum atomic E-state index is 14.1. The Labute approximate surface area is 401 Å². The third-order valence-electron chi connectivity index (χ3n) is 13.9. The summed E-state index contributed by atoms with van der Waals surface area (Å²) in [6, 6.07) is 22.8. The van der Waals surface area contributed by atoms with Crippen LogP contribution < -0.4 is 19.7 Å². The zero-order valence-corrected chi connectivity index (χ0v) is 40.2. The second kappa shape index (κ2) is 19.8. The molecular formula is C50H57Cl2N7O7S. The fraction of sp³-hybridized carbons (Fsp3) is 0.420. The summed E-state index contributed by atoms with van der Waals surface area (Å²) in [4.78, 5) is 35.8. The summed E-state index contributed by atoms with van der Waals surface area (Å²) in [5.41, 5.74) is 5.64. The zero-order valence-electron chi connectivity index (χ0n) is 37.9. The molecular weight excluding hydrogens is 914 g/mol. The van der Waals surface area contributed by atoms with Crippen LogP contribution >= 0.6 is 23.2 Å². The van der Waals surface area contributed by atoms with Crippen LogP contribution in [0.1, 0.15) is 74.7 Å². The molecule has 1 saturated carbocycles. The van der Waals surface area contributed by atoms with E-state index in [2.05, 4.69) is 55.7 Å². The number of amides is 1. The van der Waals surface area contributed by atoms with Gasteiger partial charge in [-0.1, -0.05) is 60.8 Å². The van der Waals surface area contributed by atoms with Crippen molar-refractivity contribution in [3.63, 3.8) is 0 Å². The predicted molar refractivity (Wildman–Crippen MR) is 264 cm³/mol. The van der Waals surface area contributed by atoms with Gasteiger partial charge < -0.3 is 24.7 Å². The normalized spacial score (nSPS) is 20.7. The number of nitrogens with one attached hydrogen (secondary N) is 3. The Morgan fingerprint density at radius 2 is 1.67 bits per heavy atom. The van der Waals surface area contributed by atoms with Crippen molar-refractivity contribution in [2.24, 2.45) is 5.41 Å². The number of hydrogen-bond acceptors (Lipinski definition) is 11. The van der Waals surface area contributed by atoms with E-state index in [1.165, 1.54) is 28.8 Å². The summed E-state index contributed by atoms with van der Waals surface area (Å²) < 4.78 is 42.0. The number of nitro groups is 1. The molecule has 0 unspecified atom stereocenters. The molecule has 17 heteroatoms. The van der Waals surface area contributed by atoms with E-state index in [9.17, 15) is 23.3 Å². The van der Waals surface area contributed by atoms with E-state index < -0.39 is 31.4 Å². The Morgan fingerprint density at radius 1 is 0.925 bits per heavy atom. The molecule has 14 nitrogen and oxygen atoms in total. The second-order valence-electron chi connectivity index (χ2n) is 19.0. The number of carbonyl (C=O) groups is 1. The van der Waals surface area contributed by atoms with Gasteiger partial charge in [-0.05, 0) is 110 Å². The number of nitrogens with zero attached hydrogens (tertiary/aromatic N) is 4. The van der Waals surface area contributed by atoms with Gasteiger partial charge in [-0.3, -0.25) is 24.7 Å². The lowest BCUT2D eigenvalue weighted by atomic mass is 9.72. The van der Waals surface area contributed by atoms with Crippen molar-refractivity contribution in [2.45, 2.75) is 75.8 Å². The summed E-state index contributed by atoms with van der Waals surface area (Å²) in [7, 11) is -4.59. The van der Waals surface area contributed by atoms with E-state index in [1.54, 1.807) is 36.5 Å². The van der Waals surface area contributed by atoms with Gasteiger partial charge in [0.05, 0.1) is 44.5 Å². The second-order valence-corrected chi connectivity index (χ2v) is 21.5. The molecule has 9 rings (SSSR count). The summed E-state index contributed by atoms with van der Waals surface area (Å²) in [5, 5.41) is 17.4. The highest BCUT2D eigenvalue weighted by Gasteiger charge is 2.32. The third kappa shape index (κ3) is 10.8. The van der Waals surface area contributed by atoms with E-state index in [0.717, 1.165) is 113 Å². The SMILES string of the molecule is CC1(C)CCC(CN2CCN(c3ccc(C(=O)NS(=O)(=O)c4ccc(N[C@H]5CC[C@H](N6CCOCC6)CC5)c([N+](=O)[O-])c4)c(Oc4cccc5[nH]cc(Cl)c45)c3)CC2)=C(c2ccc(Cl)cc2)C1. The van der Waals surface area contributed by atoms with E-state index in [0.29, 0.717) is 35.3 Å². The molecule has 2 aliphatic heterocycles. The van der Waals surface area contributed by atoms with E-state index in [4.69, 9.17) is 32.7 Å². The summed E-state index contributed by atoms with van der Waals surface area (Å²) in [6.45, 7) is 11.9. The predicted octanol–water partition coefficient (Wildman–Crippen LogP) is 10.1. The van der Waals surface area contributed by atoms with Crippen molar-refractivity contribution < 1.29 is 27.6 Å². The lowest BCUT2D eigenvalue weighted by Crippen LogP contribution is -2.47. The number of morpholine rings is 1. The number of H-pyrrole nitrogens is 1. The van der Waals surface area contributed by atoms with Crippen molar-refractivity contribution in [3.05, 3.63) is 122 Å². The van der Waals surface area contributed by atoms with Crippen LogP contribution in [0.15, 0.2) is 95.5 Å². The van der Waals surface area contributed by atoms with Crippen LogP contribution in [0.5, 0.6) is 11.5 Å². The first kappa shape index (κ1) is 46.9. The zero-order chi connectivity index (χ0) is 46.9. The van der Waals surface area contributed by atoms with Crippen molar-refractivity contribution in [1.29, 1.82) is 0 Å². The highest BCUT2D eigenvalue weighted by Crippen LogP contribution is 2.44. The van der Waals surface area contributed by atoms with Crippen LogP contribution in [-0.2, 0) is 14.8 Å². The number of nitro benzene ring substituents is 1. The minimum absolute atomic E-state index is 0.00332. The van der Waals surface area contributed by atoms with Gasteiger partial charge in [0.1, 0.15) is 17.2 Å². The van der Waals surface area contributed by atoms with E-state index >= 15 is 0 Å². The quantitative estimate of drug-likeness (QED) is 0.0761. The summed E-state index contributed by atoms with van der Waals surface area (Å²) in [5.74, 6) is -0.466. The number of hydrogen-bond donors (Lipinski definition) is 3. The number of aromatic nitrogens is 1. The van der Waals surface area contributed by atoms with Gasteiger partial charge in [0.25, 0.3) is 21.6 Å². The minimum Gasteiger partial charge on any atom is -0.456 e. The average Bonchev–Trinajstić information content (AvgIpc) is 3.71. The highest BCUT2D eigenvalue weighted by atomic mass is 35.5. The fourth-order valence-corrected chi connectivity index (χ4v) is 11.5. The summed E-state index contributed by atoms with van der Waals surface area (Å²) >= 11 is 12.8. The van der Waals surface area contributed by atoms with E-state index in [1.807, 2.05) is 18.2 Å². The number of fused-ring (bicyclic) bond motifs is 1. The van der Waals surface area contributed by atoms with Crippen LogP contribution in [0, 0.1) is 15.5 Å². The Morgan fingerprint density at radius 3 is 2.40 bits per heavy atom. The maximum absolute atomic E-state index is 14.1. The molecule has 0 bridgehead atoms. The highest BCUT2D eigenvalue weighted by molar-refractivity contribution is 7.90. The first-order chi connectivity index (χ1) is 32.2. The standard InChI is InChI=1S/C50H57Cl2N7O7S/c1-50(2)19-18-34(41(30-50)33-6-8-35(51)9-7-33)32-56-20-22-57(23-21-56)38-14-16-40(47(28-38)66-46-5-3-4-44-48(46)42(52)31-53-44)49(60)55-67(63,64)39-15-17-43(45(29-39)59(61)62)54-36-10-12-37(13-11-36)58-24-26-65-27-25-58/h3-9,14-17,28-29,31,36-37,53-54H,10-13,18-27,30,32H2,1-2H3,(H,55,60)/t36-,37-. The number of ether oxygens (including phenoxy) is 2. The number of anilines is 2.